The highest BCUT2D eigenvalue weighted by molar-refractivity contribution is 6.00. The van der Waals surface area contributed by atoms with Crippen molar-refractivity contribution in [1.82, 2.24) is 0 Å². The number of hydrogen-bond acceptors (Lipinski definition) is 4. The Bertz CT molecular complexity index is 799. The normalized spacial score (nSPS) is 9.82. The summed E-state index contributed by atoms with van der Waals surface area (Å²) in [6.07, 6.45) is 0. The first-order valence-electron chi connectivity index (χ1n) is 6.53. The molecule has 5 heteroatoms. The maximum atomic E-state index is 10.8. The van der Waals surface area contributed by atoms with E-state index in [2.05, 4.69) is 0 Å². The zero-order valence-corrected chi connectivity index (χ0v) is 11.7. The monoisotopic (exact) mass is 296 g/mol. The first kappa shape index (κ1) is 15.2. The average molecular weight is 296 g/mol. The Kier molecular flexibility index (Phi) is 4.48. The number of hydrogen-bond donors (Lipinski definition) is 4. The molecular weight excluding hydrogens is 280 g/mol. The number of carboxylic acids is 1. The third-order valence-corrected chi connectivity index (χ3v) is 3.02. The lowest BCUT2D eigenvalue weighted by Crippen LogP contribution is -2.01. The van der Waals surface area contributed by atoms with E-state index in [1.165, 1.54) is 6.07 Å². The second kappa shape index (κ2) is 6.49. The van der Waals surface area contributed by atoms with Crippen LogP contribution < -0.4 is 11.5 Å². The van der Waals surface area contributed by atoms with Crippen LogP contribution in [0.4, 0.5) is 11.4 Å². The molecule has 0 aliphatic heterocycles. The van der Waals surface area contributed by atoms with Crippen molar-refractivity contribution in [2.75, 3.05) is 11.5 Å². The summed E-state index contributed by atoms with van der Waals surface area (Å²) >= 11 is 0. The highest BCUT2D eigenvalue weighted by Gasteiger charge is 2.08. The van der Waals surface area contributed by atoms with E-state index in [0.29, 0.717) is 11.4 Å². The molecule has 0 aliphatic carbocycles. The number of phenolic OH excluding ortho intramolecular Hbond substituents is 1. The first-order valence-corrected chi connectivity index (χ1v) is 6.53. The lowest BCUT2D eigenvalue weighted by atomic mass is 10.1. The molecule has 0 atom stereocenters. The molecule has 3 rings (SSSR count). The van der Waals surface area contributed by atoms with Crippen LogP contribution in [0.5, 0.6) is 5.75 Å². The number of rotatable bonds is 1. The standard InChI is InChI=1S/C11H9NO2.C6H7NO/c12-10-6-8-4-2-1-3-7(8)5-9(10)11(13)14;7-5-2-1-3-6(8)4-5/h1-6H,12H2,(H,13,14);1-4,8H,7H2. The molecule has 0 heterocycles. The van der Waals surface area contributed by atoms with Gasteiger partial charge in [-0.25, -0.2) is 4.79 Å². The third kappa shape index (κ3) is 3.67. The average Bonchev–Trinajstić information content (AvgIpc) is 2.46. The van der Waals surface area contributed by atoms with Crippen molar-refractivity contribution in [3.63, 3.8) is 0 Å². The second-order valence-corrected chi connectivity index (χ2v) is 4.69. The largest absolute Gasteiger partial charge is 0.508 e. The van der Waals surface area contributed by atoms with Gasteiger partial charge in [0.25, 0.3) is 0 Å². The van der Waals surface area contributed by atoms with Crippen LogP contribution >= 0.6 is 0 Å². The molecule has 6 N–H and O–H groups in total. The molecule has 5 nitrogen and oxygen atoms in total. The summed E-state index contributed by atoms with van der Waals surface area (Å²) in [6.45, 7) is 0. The Morgan fingerprint density at radius 1 is 0.864 bits per heavy atom. The van der Waals surface area contributed by atoms with Gasteiger partial charge >= 0.3 is 5.97 Å². The molecule has 0 amide bonds. The lowest BCUT2D eigenvalue weighted by Gasteiger charge is -2.03. The van der Waals surface area contributed by atoms with E-state index in [1.807, 2.05) is 24.3 Å². The van der Waals surface area contributed by atoms with Crippen LogP contribution in [0, 0.1) is 0 Å². The van der Waals surface area contributed by atoms with Crippen molar-refractivity contribution in [3.8, 4) is 5.75 Å². The van der Waals surface area contributed by atoms with Gasteiger partial charge in [0.05, 0.1) is 5.56 Å². The summed E-state index contributed by atoms with van der Waals surface area (Å²) in [7, 11) is 0. The number of anilines is 2. The smallest absolute Gasteiger partial charge is 0.337 e. The Balaban J connectivity index is 0.000000188. The number of nitrogen functional groups attached to an aromatic ring is 2. The minimum Gasteiger partial charge on any atom is -0.508 e. The van der Waals surface area contributed by atoms with E-state index in [0.717, 1.165) is 10.8 Å². The second-order valence-electron chi connectivity index (χ2n) is 4.69. The zero-order chi connectivity index (χ0) is 16.1. The first-order chi connectivity index (χ1) is 10.5. The maximum absolute atomic E-state index is 10.8. The Labute approximate surface area is 127 Å². The van der Waals surface area contributed by atoms with Gasteiger partial charge in [0.2, 0.25) is 0 Å². The molecule has 22 heavy (non-hydrogen) atoms. The summed E-state index contributed by atoms with van der Waals surface area (Å²) in [6, 6.07) is 17.3. The van der Waals surface area contributed by atoms with Gasteiger partial charge in [0.1, 0.15) is 5.75 Å². The molecule has 0 unspecified atom stereocenters. The van der Waals surface area contributed by atoms with Crippen LogP contribution in [0.15, 0.2) is 60.7 Å². The highest BCUT2D eigenvalue weighted by Crippen LogP contribution is 2.21. The summed E-state index contributed by atoms with van der Waals surface area (Å²) in [5, 5.41) is 19.4. The predicted molar refractivity (Wildman–Crippen MR) is 87.8 cm³/mol. The van der Waals surface area contributed by atoms with Crippen LogP contribution in [-0.4, -0.2) is 16.2 Å². The summed E-state index contributed by atoms with van der Waals surface area (Å²) in [4.78, 5) is 10.8. The molecule has 0 bridgehead atoms. The number of nitrogens with two attached hydrogens (primary N) is 2. The topological polar surface area (TPSA) is 110 Å². The Morgan fingerprint density at radius 3 is 2.00 bits per heavy atom. The minimum absolute atomic E-state index is 0.156. The zero-order valence-electron chi connectivity index (χ0n) is 11.7. The summed E-state index contributed by atoms with van der Waals surface area (Å²) in [5.41, 5.74) is 12.0. The quantitative estimate of drug-likeness (QED) is 0.516. The van der Waals surface area contributed by atoms with E-state index in [4.69, 9.17) is 21.7 Å². The molecule has 0 saturated heterocycles. The predicted octanol–water partition coefficient (Wildman–Crippen LogP) is 3.09. The van der Waals surface area contributed by atoms with E-state index in [-0.39, 0.29) is 11.3 Å². The molecule has 0 aliphatic rings. The molecule has 0 fully saturated rings. The van der Waals surface area contributed by atoms with Crippen LogP contribution in [-0.2, 0) is 0 Å². The van der Waals surface area contributed by atoms with Gasteiger partial charge in [-0.3, -0.25) is 0 Å². The van der Waals surface area contributed by atoms with Gasteiger partial charge in [0.15, 0.2) is 0 Å². The summed E-state index contributed by atoms with van der Waals surface area (Å²) < 4.78 is 0. The van der Waals surface area contributed by atoms with Crippen molar-refractivity contribution >= 4 is 28.1 Å². The number of carboxylic acid groups (broad SMARTS) is 1. The molecule has 0 saturated carbocycles. The SMILES string of the molecule is Nc1cc2ccccc2cc1C(=O)O.Nc1cccc(O)c1. The fourth-order valence-electron chi connectivity index (χ4n) is 1.97. The van der Waals surface area contributed by atoms with E-state index < -0.39 is 5.97 Å². The van der Waals surface area contributed by atoms with Crippen molar-refractivity contribution in [3.05, 3.63) is 66.2 Å². The van der Waals surface area contributed by atoms with E-state index in [9.17, 15) is 4.79 Å². The molecule has 3 aromatic carbocycles. The van der Waals surface area contributed by atoms with E-state index in [1.54, 1.807) is 30.3 Å². The lowest BCUT2D eigenvalue weighted by molar-refractivity contribution is 0.0698. The van der Waals surface area contributed by atoms with Crippen LogP contribution in [0.3, 0.4) is 0 Å². The van der Waals surface area contributed by atoms with Crippen molar-refractivity contribution in [2.45, 2.75) is 0 Å². The number of benzene rings is 3. The number of phenols is 1. The van der Waals surface area contributed by atoms with Crippen molar-refractivity contribution in [2.24, 2.45) is 0 Å². The van der Waals surface area contributed by atoms with Gasteiger partial charge in [0, 0.05) is 17.4 Å². The summed E-state index contributed by atoms with van der Waals surface area (Å²) in [5.74, 6) is -0.779. The Hall–Kier alpha value is -3.21. The number of aromatic carboxylic acids is 1. The van der Waals surface area contributed by atoms with E-state index >= 15 is 0 Å². The van der Waals surface area contributed by atoms with Crippen molar-refractivity contribution < 1.29 is 15.0 Å². The molecule has 0 radical (unpaired) electrons. The number of carbonyl (C=O) groups is 1. The van der Waals surface area contributed by atoms with Gasteiger partial charge in [-0.1, -0.05) is 30.3 Å². The highest BCUT2D eigenvalue weighted by atomic mass is 16.4. The van der Waals surface area contributed by atoms with Crippen LogP contribution in [0.1, 0.15) is 10.4 Å². The van der Waals surface area contributed by atoms with Crippen molar-refractivity contribution in [1.29, 1.82) is 0 Å². The third-order valence-electron chi connectivity index (χ3n) is 3.02. The number of fused-ring (bicyclic) bond motifs is 1. The van der Waals surface area contributed by atoms with Gasteiger partial charge in [-0.2, -0.15) is 0 Å². The maximum Gasteiger partial charge on any atom is 0.337 e. The molecule has 0 spiro atoms. The fraction of sp³-hybridized carbons (Fsp3) is 0. The Morgan fingerprint density at radius 2 is 1.50 bits per heavy atom. The van der Waals surface area contributed by atoms with Gasteiger partial charge in [-0.05, 0) is 35.0 Å². The minimum atomic E-state index is -0.992. The number of aromatic hydroxyl groups is 1. The van der Waals surface area contributed by atoms with Crippen LogP contribution in [0.2, 0.25) is 0 Å². The van der Waals surface area contributed by atoms with Gasteiger partial charge < -0.3 is 21.7 Å². The van der Waals surface area contributed by atoms with Crippen LogP contribution in [0.25, 0.3) is 10.8 Å². The van der Waals surface area contributed by atoms with Gasteiger partial charge in [-0.15, -0.1) is 0 Å². The molecular formula is C17H16N2O3. The molecule has 112 valence electrons. The molecule has 0 aromatic heterocycles. The fourth-order valence-corrected chi connectivity index (χ4v) is 1.97. The molecule has 3 aromatic rings.